The maximum atomic E-state index is 14.0. The number of hydrogen-bond donors (Lipinski definition) is 1. The Morgan fingerprint density at radius 1 is 0.939 bits per heavy atom. The van der Waals surface area contributed by atoms with Crippen LogP contribution in [-0.2, 0) is 19.9 Å². The van der Waals surface area contributed by atoms with E-state index < -0.39 is 17.4 Å². The first kappa shape index (κ1) is 19.3. The number of nitrogens with zero attached hydrogens (tertiary/aromatic N) is 2. The van der Waals surface area contributed by atoms with Gasteiger partial charge in [0.2, 0.25) is 17.7 Å². The summed E-state index contributed by atoms with van der Waals surface area (Å²) in [6.07, 6.45) is 1.67. The second-order valence-corrected chi connectivity index (χ2v) is 9.80. The number of amides is 3. The van der Waals surface area contributed by atoms with E-state index in [4.69, 9.17) is 11.6 Å². The Balaban J connectivity index is 1.42. The summed E-state index contributed by atoms with van der Waals surface area (Å²) in [6, 6.07) is 18.6. The summed E-state index contributed by atoms with van der Waals surface area (Å²) in [5.41, 5.74) is 0.730. The van der Waals surface area contributed by atoms with Crippen LogP contribution in [0, 0.1) is 11.8 Å². The van der Waals surface area contributed by atoms with Gasteiger partial charge in [0.25, 0.3) is 0 Å². The average Bonchev–Trinajstić information content (AvgIpc) is 3.52. The molecule has 1 spiro atoms. The van der Waals surface area contributed by atoms with E-state index in [9.17, 15) is 14.4 Å². The molecular formula is C26H20ClN3O3. The lowest BCUT2D eigenvalue weighted by Crippen LogP contribution is -2.54. The van der Waals surface area contributed by atoms with Gasteiger partial charge in [-0.25, -0.2) is 4.90 Å². The van der Waals surface area contributed by atoms with Gasteiger partial charge in [0, 0.05) is 22.3 Å². The number of rotatable bonds is 1. The molecule has 0 aliphatic carbocycles. The lowest BCUT2D eigenvalue weighted by Gasteiger charge is -2.36. The first-order valence-electron chi connectivity index (χ1n) is 11.3. The molecule has 0 aromatic heterocycles. The summed E-state index contributed by atoms with van der Waals surface area (Å²) in [6.45, 7) is 0.674. The van der Waals surface area contributed by atoms with Crippen molar-refractivity contribution in [3.05, 3.63) is 71.2 Å². The fraction of sp³-hybridized carbons (Fsp3) is 0.269. The molecule has 3 saturated heterocycles. The van der Waals surface area contributed by atoms with Crippen LogP contribution in [0.1, 0.15) is 18.4 Å². The molecule has 3 amide bonds. The van der Waals surface area contributed by atoms with Crippen molar-refractivity contribution >= 4 is 51.5 Å². The second-order valence-electron chi connectivity index (χ2n) is 9.36. The number of fused-ring (bicyclic) bond motifs is 8. The fourth-order valence-electron chi connectivity index (χ4n) is 6.75. The highest BCUT2D eigenvalue weighted by atomic mass is 35.5. The van der Waals surface area contributed by atoms with Crippen molar-refractivity contribution in [3.63, 3.8) is 0 Å². The van der Waals surface area contributed by atoms with Gasteiger partial charge in [0.05, 0.1) is 17.5 Å². The van der Waals surface area contributed by atoms with Crippen molar-refractivity contribution < 1.29 is 14.4 Å². The maximum Gasteiger partial charge on any atom is 0.250 e. The van der Waals surface area contributed by atoms with E-state index in [-0.39, 0.29) is 23.8 Å². The van der Waals surface area contributed by atoms with Crippen LogP contribution in [0.5, 0.6) is 0 Å². The number of hydrogen-bond acceptors (Lipinski definition) is 4. The zero-order chi connectivity index (χ0) is 22.5. The van der Waals surface area contributed by atoms with Gasteiger partial charge in [0.1, 0.15) is 5.54 Å². The predicted octanol–water partition coefficient (Wildman–Crippen LogP) is 3.92. The summed E-state index contributed by atoms with van der Waals surface area (Å²) < 4.78 is 0. The lowest BCUT2D eigenvalue weighted by atomic mass is 9.75. The van der Waals surface area contributed by atoms with E-state index in [1.165, 1.54) is 4.90 Å². The molecular weight excluding hydrogens is 438 g/mol. The van der Waals surface area contributed by atoms with Crippen LogP contribution in [0.2, 0.25) is 5.02 Å². The molecule has 4 heterocycles. The van der Waals surface area contributed by atoms with Gasteiger partial charge < -0.3 is 5.32 Å². The SMILES string of the molecule is O=C1[C@@H]2[C@@H]3CCCN3[C@]3(C(=O)Nc4ccc(Cl)cc43)[C@H]2C(=O)N1c1ccc2ccccc2c1. The van der Waals surface area contributed by atoms with Gasteiger partial charge in [-0.1, -0.05) is 41.9 Å². The molecule has 164 valence electrons. The summed E-state index contributed by atoms with van der Waals surface area (Å²) in [7, 11) is 0. The molecule has 7 heteroatoms. The van der Waals surface area contributed by atoms with Crippen LogP contribution < -0.4 is 10.2 Å². The molecule has 7 rings (SSSR count). The van der Waals surface area contributed by atoms with E-state index in [2.05, 4.69) is 10.2 Å². The van der Waals surface area contributed by atoms with Gasteiger partial charge in [-0.2, -0.15) is 0 Å². The summed E-state index contributed by atoms with van der Waals surface area (Å²) >= 11 is 6.34. The van der Waals surface area contributed by atoms with Crippen LogP contribution >= 0.6 is 11.6 Å². The van der Waals surface area contributed by atoms with Crippen molar-refractivity contribution in [1.29, 1.82) is 0 Å². The molecule has 3 aromatic rings. The van der Waals surface area contributed by atoms with Crippen molar-refractivity contribution in [2.24, 2.45) is 11.8 Å². The molecule has 6 nitrogen and oxygen atoms in total. The van der Waals surface area contributed by atoms with E-state index in [1.807, 2.05) is 42.5 Å². The van der Waals surface area contributed by atoms with Gasteiger partial charge in [-0.05, 0) is 60.5 Å². The average molecular weight is 458 g/mol. The molecule has 3 aromatic carbocycles. The highest BCUT2D eigenvalue weighted by molar-refractivity contribution is 6.31. The minimum Gasteiger partial charge on any atom is -0.324 e. The minimum absolute atomic E-state index is 0.146. The number of carbonyl (C=O) groups excluding carboxylic acids is 3. The number of benzene rings is 3. The van der Waals surface area contributed by atoms with Crippen molar-refractivity contribution in [2.45, 2.75) is 24.4 Å². The van der Waals surface area contributed by atoms with Crippen molar-refractivity contribution in [2.75, 3.05) is 16.8 Å². The summed E-state index contributed by atoms with van der Waals surface area (Å²) in [5, 5.41) is 5.48. The standard InChI is InChI=1S/C26H20ClN3O3/c27-16-8-10-19-18(13-16)26(25(33)28-19)22-21(20-6-3-11-29(20)26)23(31)30(24(22)32)17-9-7-14-4-1-2-5-15(14)12-17/h1-2,4-5,7-10,12-13,20-22H,3,6,11H2,(H,28,33)/t20-,21+,22+,26-/m0/s1. The van der Waals surface area contributed by atoms with Crippen LogP contribution in [0.25, 0.3) is 10.8 Å². The number of nitrogens with one attached hydrogen (secondary N) is 1. The second kappa shape index (κ2) is 6.43. The van der Waals surface area contributed by atoms with Crippen LogP contribution in [0.4, 0.5) is 11.4 Å². The molecule has 0 saturated carbocycles. The van der Waals surface area contributed by atoms with Crippen LogP contribution in [0.15, 0.2) is 60.7 Å². The summed E-state index contributed by atoms with van der Waals surface area (Å²) in [5.74, 6) is -2.08. The number of anilines is 2. The Labute approximate surface area is 195 Å². The molecule has 4 atom stereocenters. The minimum atomic E-state index is -1.20. The first-order valence-corrected chi connectivity index (χ1v) is 11.6. The quantitative estimate of drug-likeness (QED) is 0.562. The third kappa shape index (κ3) is 2.25. The predicted molar refractivity (Wildman–Crippen MR) is 125 cm³/mol. The first-order chi connectivity index (χ1) is 16.0. The Hall–Kier alpha value is -3.22. The Bertz CT molecular complexity index is 1400. The largest absolute Gasteiger partial charge is 0.324 e. The van der Waals surface area contributed by atoms with Crippen molar-refractivity contribution in [3.8, 4) is 0 Å². The Morgan fingerprint density at radius 2 is 1.76 bits per heavy atom. The molecule has 1 N–H and O–H groups in total. The van der Waals surface area contributed by atoms with E-state index in [0.29, 0.717) is 28.5 Å². The maximum absolute atomic E-state index is 14.0. The zero-order valence-corrected chi connectivity index (χ0v) is 18.4. The number of halogens is 1. The fourth-order valence-corrected chi connectivity index (χ4v) is 6.92. The van der Waals surface area contributed by atoms with E-state index in [0.717, 1.165) is 23.6 Å². The summed E-state index contributed by atoms with van der Waals surface area (Å²) in [4.78, 5) is 44.9. The van der Waals surface area contributed by atoms with Crippen LogP contribution in [-0.4, -0.2) is 35.2 Å². The highest BCUT2D eigenvalue weighted by Gasteiger charge is 2.74. The zero-order valence-electron chi connectivity index (χ0n) is 17.6. The highest BCUT2D eigenvalue weighted by Crippen LogP contribution is 2.60. The third-order valence-electron chi connectivity index (χ3n) is 7.95. The Kier molecular flexibility index (Phi) is 3.75. The van der Waals surface area contributed by atoms with Gasteiger partial charge >= 0.3 is 0 Å². The molecule has 3 fully saturated rings. The molecule has 33 heavy (non-hydrogen) atoms. The van der Waals surface area contributed by atoms with Gasteiger partial charge in [0.15, 0.2) is 0 Å². The lowest BCUT2D eigenvalue weighted by molar-refractivity contribution is -0.135. The van der Waals surface area contributed by atoms with Gasteiger partial charge in [-0.15, -0.1) is 0 Å². The Morgan fingerprint density at radius 3 is 2.61 bits per heavy atom. The molecule has 4 aliphatic heterocycles. The van der Waals surface area contributed by atoms with E-state index >= 15 is 0 Å². The monoisotopic (exact) mass is 457 g/mol. The van der Waals surface area contributed by atoms with E-state index in [1.54, 1.807) is 18.2 Å². The topological polar surface area (TPSA) is 69.7 Å². The number of imide groups is 1. The van der Waals surface area contributed by atoms with Crippen LogP contribution in [0.3, 0.4) is 0 Å². The number of carbonyl (C=O) groups is 3. The normalized spacial score (nSPS) is 30.3. The van der Waals surface area contributed by atoms with Gasteiger partial charge in [-0.3, -0.25) is 19.3 Å². The van der Waals surface area contributed by atoms with Crippen molar-refractivity contribution in [1.82, 2.24) is 4.90 Å². The third-order valence-corrected chi connectivity index (χ3v) is 8.18. The molecule has 0 unspecified atom stereocenters. The molecule has 0 radical (unpaired) electrons. The molecule has 0 bridgehead atoms. The molecule has 4 aliphatic rings. The smallest absolute Gasteiger partial charge is 0.250 e.